The number of fused-ring (bicyclic) bond motifs is 1. The second-order valence-corrected chi connectivity index (χ2v) is 8.16. The molecule has 2 aliphatic rings. The number of rotatable bonds is 2. The van der Waals surface area contributed by atoms with Gasteiger partial charge in [-0.1, -0.05) is 12.2 Å². The van der Waals surface area contributed by atoms with Crippen molar-refractivity contribution >= 4 is 29.5 Å². The first-order chi connectivity index (χ1) is 11.7. The third-order valence-electron chi connectivity index (χ3n) is 4.97. The van der Waals surface area contributed by atoms with Crippen molar-refractivity contribution in [2.24, 2.45) is 0 Å². The predicted molar refractivity (Wildman–Crippen MR) is 98.3 cm³/mol. The number of hydrogen-bond acceptors (Lipinski definition) is 4. The van der Waals surface area contributed by atoms with Crippen LogP contribution in [-0.4, -0.2) is 33.9 Å². The summed E-state index contributed by atoms with van der Waals surface area (Å²) in [5.41, 5.74) is 1.92. The summed E-state index contributed by atoms with van der Waals surface area (Å²) in [5, 5.41) is 1.23. The summed E-state index contributed by atoms with van der Waals surface area (Å²) in [7, 11) is 0. The number of thiazole rings is 1. The maximum atomic E-state index is 12.8. The van der Waals surface area contributed by atoms with E-state index in [1.54, 1.807) is 6.20 Å². The summed E-state index contributed by atoms with van der Waals surface area (Å²) in [4.78, 5) is 24.1. The molecule has 2 aromatic rings. The number of hydrogen-bond donors (Lipinski definition) is 1. The molecule has 2 aromatic heterocycles. The molecule has 126 valence electrons. The molecule has 0 spiro atoms. The second-order valence-electron chi connectivity index (χ2n) is 6.63. The molecular weight excluding hydrogens is 338 g/mol. The maximum Gasteiger partial charge on any atom is 0.256 e. The van der Waals surface area contributed by atoms with Crippen molar-refractivity contribution < 1.29 is 4.79 Å². The number of H-pyrrole nitrogens is 1. The Bertz CT molecular complexity index is 787. The van der Waals surface area contributed by atoms with Crippen LogP contribution in [0.4, 0.5) is 0 Å². The van der Waals surface area contributed by atoms with E-state index < -0.39 is 0 Å². The van der Waals surface area contributed by atoms with Gasteiger partial charge in [-0.25, -0.2) is 4.98 Å². The van der Waals surface area contributed by atoms with Crippen molar-refractivity contribution in [3.05, 3.63) is 44.1 Å². The van der Waals surface area contributed by atoms with Gasteiger partial charge in [-0.15, -0.1) is 11.3 Å². The third kappa shape index (κ3) is 3.05. The Balaban J connectivity index is 1.53. The number of piperidine rings is 1. The average Bonchev–Trinajstić information content (AvgIpc) is 3.06. The highest BCUT2D eigenvalue weighted by Crippen LogP contribution is 2.35. The van der Waals surface area contributed by atoms with Crippen LogP contribution in [0.1, 0.15) is 57.5 Å². The Morgan fingerprint density at radius 2 is 2.21 bits per heavy atom. The van der Waals surface area contributed by atoms with Crippen LogP contribution in [0, 0.1) is 4.64 Å². The average molecular weight is 360 g/mol. The van der Waals surface area contributed by atoms with E-state index >= 15 is 0 Å². The van der Waals surface area contributed by atoms with Crippen molar-refractivity contribution in [1.29, 1.82) is 0 Å². The molecule has 4 rings (SSSR count). The number of nitrogens with zero attached hydrogens (tertiary/aromatic N) is 2. The fraction of sp³-hybridized carbons (Fsp3) is 0.500. The van der Waals surface area contributed by atoms with Gasteiger partial charge in [-0.2, -0.15) is 0 Å². The zero-order chi connectivity index (χ0) is 16.5. The Labute approximate surface area is 150 Å². The number of aromatic nitrogens is 2. The van der Waals surface area contributed by atoms with Gasteiger partial charge in [0.05, 0.1) is 16.3 Å². The van der Waals surface area contributed by atoms with Crippen molar-refractivity contribution in [1.82, 2.24) is 14.9 Å². The molecule has 0 saturated carbocycles. The largest absolute Gasteiger partial charge is 0.352 e. The number of likely N-dealkylation sites (tertiary alicyclic amines) is 1. The molecule has 1 amide bonds. The van der Waals surface area contributed by atoms with E-state index in [-0.39, 0.29) is 5.91 Å². The molecule has 3 heterocycles. The van der Waals surface area contributed by atoms with Gasteiger partial charge >= 0.3 is 0 Å². The molecule has 4 nitrogen and oxygen atoms in total. The van der Waals surface area contributed by atoms with Gasteiger partial charge in [0.15, 0.2) is 0 Å². The molecule has 0 bridgehead atoms. The first-order valence-electron chi connectivity index (χ1n) is 8.68. The van der Waals surface area contributed by atoms with Crippen LogP contribution >= 0.6 is 23.6 Å². The molecule has 1 atom stereocenters. The molecule has 0 unspecified atom stereocenters. The topological polar surface area (TPSA) is 49.0 Å². The fourth-order valence-electron chi connectivity index (χ4n) is 3.67. The predicted octanol–water partition coefficient (Wildman–Crippen LogP) is 4.10. The van der Waals surface area contributed by atoms with Crippen molar-refractivity contribution in [3.8, 4) is 0 Å². The van der Waals surface area contributed by atoms with Crippen LogP contribution in [0.5, 0.6) is 0 Å². The van der Waals surface area contributed by atoms with E-state index in [9.17, 15) is 4.79 Å². The summed E-state index contributed by atoms with van der Waals surface area (Å²) in [6, 6.07) is 3.65. The lowest BCUT2D eigenvalue weighted by molar-refractivity contribution is 0.0706. The van der Waals surface area contributed by atoms with E-state index in [0.717, 1.165) is 32.4 Å². The minimum Gasteiger partial charge on any atom is -0.352 e. The molecule has 1 aliphatic heterocycles. The summed E-state index contributed by atoms with van der Waals surface area (Å²) in [5.74, 6) is 0.419. The highest BCUT2D eigenvalue weighted by Gasteiger charge is 2.29. The first-order valence-corrected chi connectivity index (χ1v) is 9.90. The minimum absolute atomic E-state index is 0.0443. The second kappa shape index (κ2) is 6.76. The molecular formula is C18H21N3OS2. The zero-order valence-corrected chi connectivity index (χ0v) is 15.2. The molecule has 24 heavy (non-hydrogen) atoms. The number of carbonyl (C=O) groups excluding carboxylic acids is 1. The summed E-state index contributed by atoms with van der Waals surface area (Å²) < 4.78 is 0.523. The maximum absolute atomic E-state index is 12.8. The summed E-state index contributed by atoms with van der Waals surface area (Å²) in [6.45, 7) is 1.57. The van der Waals surface area contributed by atoms with E-state index in [2.05, 4.69) is 4.98 Å². The van der Waals surface area contributed by atoms with Gasteiger partial charge in [0, 0.05) is 30.1 Å². The number of nitrogens with one attached hydrogen (secondary N) is 1. The smallest absolute Gasteiger partial charge is 0.256 e. The van der Waals surface area contributed by atoms with Crippen molar-refractivity contribution in [3.63, 3.8) is 0 Å². The Hall–Kier alpha value is -1.53. The van der Waals surface area contributed by atoms with Crippen molar-refractivity contribution in [2.45, 2.75) is 44.4 Å². The Kier molecular flexibility index (Phi) is 4.50. The van der Waals surface area contributed by atoms with Crippen LogP contribution in [0.3, 0.4) is 0 Å². The van der Waals surface area contributed by atoms with Crippen LogP contribution in [0.25, 0.3) is 0 Å². The Morgan fingerprint density at radius 1 is 1.33 bits per heavy atom. The number of carbonyl (C=O) groups is 1. The highest BCUT2D eigenvalue weighted by molar-refractivity contribution is 7.71. The summed E-state index contributed by atoms with van der Waals surface area (Å²) >= 11 is 7.14. The van der Waals surface area contributed by atoms with Crippen molar-refractivity contribution in [2.75, 3.05) is 13.1 Å². The van der Waals surface area contributed by atoms with Gasteiger partial charge in [-0.3, -0.25) is 4.79 Å². The van der Waals surface area contributed by atoms with E-state index in [1.807, 2.05) is 28.4 Å². The quantitative estimate of drug-likeness (QED) is 0.821. The fourth-order valence-corrected chi connectivity index (χ4v) is 5.17. The van der Waals surface area contributed by atoms with E-state index in [4.69, 9.17) is 17.2 Å². The number of aryl methyl sites for hydroxylation is 2. The number of aromatic amines is 1. The normalized spacial score (nSPS) is 20.7. The van der Waals surface area contributed by atoms with Gasteiger partial charge in [-0.05, 0) is 50.7 Å². The molecule has 1 N–H and O–H groups in total. The van der Waals surface area contributed by atoms with Crippen LogP contribution in [0.15, 0.2) is 18.3 Å². The SMILES string of the molecule is O=C(c1ccc[nH]c1=S)N1CCC[C@@H](c2nc3c(s2)CCCC3)C1. The van der Waals surface area contributed by atoms with Gasteiger partial charge < -0.3 is 9.88 Å². The number of amides is 1. The highest BCUT2D eigenvalue weighted by atomic mass is 32.1. The van der Waals surface area contributed by atoms with Gasteiger partial charge in [0.1, 0.15) is 4.64 Å². The zero-order valence-electron chi connectivity index (χ0n) is 13.6. The molecule has 1 fully saturated rings. The molecule has 1 aliphatic carbocycles. The standard InChI is InChI=1S/C18H21N3OS2/c22-18(13-6-3-9-19-16(13)23)21-10-4-5-12(11-21)17-20-14-7-1-2-8-15(14)24-17/h3,6,9,12H,1-2,4-5,7-8,10-11H2,(H,19,23)/t12-/m1/s1. The lowest BCUT2D eigenvalue weighted by Gasteiger charge is -2.31. The molecule has 1 saturated heterocycles. The first kappa shape index (κ1) is 16.0. The molecule has 0 radical (unpaired) electrons. The minimum atomic E-state index is 0.0443. The molecule has 6 heteroatoms. The number of pyridine rings is 1. The lowest BCUT2D eigenvalue weighted by Crippen LogP contribution is -2.39. The van der Waals surface area contributed by atoms with Crippen LogP contribution < -0.4 is 0 Å². The Morgan fingerprint density at radius 3 is 3.04 bits per heavy atom. The monoisotopic (exact) mass is 359 g/mol. The summed E-state index contributed by atoms with van der Waals surface area (Å²) in [6.07, 6.45) is 8.77. The third-order valence-corrected chi connectivity index (χ3v) is 6.63. The molecule has 0 aromatic carbocycles. The lowest BCUT2D eigenvalue weighted by atomic mass is 9.98. The van der Waals surface area contributed by atoms with Crippen LogP contribution in [-0.2, 0) is 12.8 Å². The van der Waals surface area contributed by atoms with E-state index in [1.165, 1.54) is 34.8 Å². The van der Waals surface area contributed by atoms with Crippen LogP contribution in [0.2, 0.25) is 0 Å². The van der Waals surface area contributed by atoms with Gasteiger partial charge in [0.2, 0.25) is 0 Å². The van der Waals surface area contributed by atoms with Gasteiger partial charge in [0.25, 0.3) is 5.91 Å². The van der Waals surface area contributed by atoms with E-state index in [0.29, 0.717) is 16.1 Å².